The van der Waals surface area contributed by atoms with Crippen molar-refractivity contribution in [3.8, 4) is 0 Å². The normalized spacial score (nSPS) is 37.7. The van der Waals surface area contributed by atoms with Gasteiger partial charge in [-0.15, -0.1) is 0 Å². The van der Waals surface area contributed by atoms with Crippen molar-refractivity contribution in [2.24, 2.45) is 0 Å². The van der Waals surface area contributed by atoms with Gasteiger partial charge in [-0.25, -0.2) is 24.5 Å². The molecule has 0 spiro atoms. The lowest BCUT2D eigenvalue weighted by molar-refractivity contribution is -0.0621. The molecule has 7 rings (SSSR count). The van der Waals surface area contributed by atoms with Crippen LogP contribution < -0.4 is 17.0 Å². The molecule has 4 aromatic rings. The van der Waals surface area contributed by atoms with Gasteiger partial charge in [0.1, 0.15) is 48.5 Å². The smallest absolute Gasteiger partial charge is 0.387 e. The van der Waals surface area contributed by atoms with Gasteiger partial charge in [-0.1, -0.05) is 0 Å². The van der Waals surface area contributed by atoms with Gasteiger partial charge in [0.15, 0.2) is 35.1 Å². The number of anilines is 2. The number of ether oxygens (including phenoxy) is 2. The fourth-order valence-corrected chi connectivity index (χ4v) is 7.27. The molecule has 4 unspecified atom stereocenters. The van der Waals surface area contributed by atoms with E-state index >= 15 is 0 Å². The quantitative estimate of drug-likeness (QED) is 0.0978. The number of aromatic amines is 1. The Morgan fingerprint density at radius 2 is 1.58 bits per heavy atom. The fourth-order valence-electron chi connectivity index (χ4n) is 5.32. The molecule has 45 heavy (non-hydrogen) atoms. The second-order valence-electron chi connectivity index (χ2n) is 10.2. The number of hydrogen-bond acceptors (Lipinski definition) is 18. The number of H-pyrrole nitrogens is 1. The van der Waals surface area contributed by atoms with E-state index in [0.717, 1.165) is 12.7 Å². The van der Waals surface area contributed by atoms with Crippen LogP contribution in [0.15, 0.2) is 23.8 Å². The zero-order valence-corrected chi connectivity index (χ0v) is 24.3. The number of nitrogens with zero attached hydrogens (tertiary/aromatic N) is 7. The highest BCUT2D eigenvalue weighted by Crippen LogP contribution is 2.53. The van der Waals surface area contributed by atoms with E-state index < -0.39 is 83.1 Å². The molecule has 3 aliphatic rings. The summed E-state index contributed by atoms with van der Waals surface area (Å²) in [6.07, 6.45) is -8.57. The van der Waals surface area contributed by atoms with Gasteiger partial charge in [0, 0.05) is 0 Å². The molecule has 2 bridgehead atoms. The summed E-state index contributed by atoms with van der Waals surface area (Å²) in [5.41, 5.74) is 11.0. The maximum Gasteiger partial charge on any atom is 0.472 e. The standard InChI is InChI=1S/C20H23BN10O12P2/c21-44(35)38-2-7-12(11(33)18(41-7)30-4-26-8-14(22)24-3-25-15(8)30)43-45(36,37)39-1-6-10(32)13(42-44)19(40-6)31-5-27-9-16(31)28-20(23)29-17(9)34/h3-7,10-13,18-19,32-33H,1-2H2,(H,36,37)(H2,22,24,25)(H3,23,28,29,34)/t6-,7-,10?,11+,12?,13+,18-,19-,44?/m1/s1. The Bertz CT molecular complexity index is 1940. The minimum Gasteiger partial charge on any atom is -0.387 e. The van der Waals surface area contributed by atoms with Gasteiger partial charge in [0.25, 0.3) is 13.0 Å². The van der Waals surface area contributed by atoms with Gasteiger partial charge in [0.05, 0.1) is 25.9 Å². The highest BCUT2D eigenvalue weighted by Gasteiger charge is 2.53. The summed E-state index contributed by atoms with van der Waals surface area (Å²) < 4.78 is 62.0. The number of nitrogens with one attached hydrogen (secondary N) is 1. The molecule has 10 atom stereocenters. The van der Waals surface area contributed by atoms with Crippen LogP contribution in [0.4, 0.5) is 11.8 Å². The number of phosphoric ester groups is 1. The molecule has 0 saturated carbocycles. The van der Waals surface area contributed by atoms with Gasteiger partial charge >= 0.3 is 7.82 Å². The van der Waals surface area contributed by atoms with Gasteiger partial charge < -0.3 is 45.1 Å². The van der Waals surface area contributed by atoms with Crippen molar-refractivity contribution in [1.29, 1.82) is 0 Å². The number of aliphatic hydroxyl groups excluding tert-OH is 2. The number of nitrogen functional groups attached to an aromatic ring is 2. The summed E-state index contributed by atoms with van der Waals surface area (Å²) in [5, 5.41) is 22.2. The van der Waals surface area contributed by atoms with E-state index in [0.29, 0.717) is 0 Å². The third-order valence-electron chi connectivity index (χ3n) is 7.35. The SMILES string of the molecule is [B]P1(=O)OC[C@H]2O[C@@H](n3cnc4c(N)ncnc43)[C@@H](O)C2OP(=O)(O)OC[C@H]2O[C@@H](n3cnc4c(=O)[nH]c(N)nc43)[C@@H](O1)C2O. The second-order valence-corrected chi connectivity index (χ2v) is 13.2. The third kappa shape index (κ3) is 5.34. The van der Waals surface area contributed by atoms with Crippen LogP contribution in [0.5, 0.6) is 0 Å². The topological polar surface area (TPSA) is 309 Å². The van der Waals surface area contributed by atoms with Crippen LogP contribution in [0.2, 0.25) is 0 Å². The Morgan fingerprint density at radius 3 is 2.36 bits per heavy atom. The van der Waals surface area contributed by atoms with Crippen LogP contribution in [0.25, 0.3) is 22.3 Å². The monoisotopic (exact) mass is 668 g/mol. The second kappa shape index (κ2) is 10.9. The average molecular weight is 668 g/mol. The number of phosphoric acid groups is 1. The molecular formula is C20H23BN10O12P2. The van der Waals surface area contributed by atoms with E-state index in [1.807, 2.05) is 0 Å². The van der Waals surface area contributed by atoms with Crippen LogP contribution >= 0.6 is 15.3 Å². The number of aliphatic hydroxyl groups is 2. The van der Waals surface area contributed by atoms with Crippen LogP contribution in [-0.2, 0) is 36.7 Å². The fraction of sp³-hybridized carbons (Fsp3) is 0.500. The van der Waals surface area contributed by atoms with E-state index in [4.69, 9.17) is 46.6 Å². The van der Waals surface area contributed by atoms with E-state index in [1.54, 1.807) is 0 Å². The van der Waals surface area contributed by atoms with Gasteiger partial charge in [-0.3, -0.25) is 32.5 Å². The first-order valence-electron chi connectivity index (χ1n) is 13.0. The number of nitrogens with two attached hydrogens (primary N) is 2. The van der Waals surface area contributed by atoms with Crippen molar-refractivity contribution in [1.82, 2.24) is 39.0 Å². The Kier molecular flexibility index (Phi) is 7.34. The number of fused-ring (bicyclic) bond motifs is 5. The summed E-state index contributed by atoms with van der Waals surface area (Å²) in [6, 6.07) is 0. The molecule has 25 heteroatoms. The molecule has 3 saturated heterocycles. The minimum absolute atomic E-state index is 0.0509. The average Bonchev–Trinajstić information content (AvgIpc) is 3.72. The van der Waals surface area contributed by atoms with Crippen LogP contribution in [0.1, 0.15) is 12.5 Å². The van der Waals surface area contributed by atoms with E-state index in [9.17, 15) is 29.0 Å². The Morgan fingerprint density at radius 1 is 0.889 bits per heavy atom. The Hall–Kier alpha value is -3.34. The number of hydrogen-bond donors (Lipinski definition) is 6. The molecule has 7 heterocycles. The minimum atomic E-state index is -5.03. The lowest BCUT2D eigenvalue weighted by Gasteiger charge is -2.27. The molecule has 0 amide bonds. The predicted octanol–water partition coefficient (Wildman–Crippen LogP) is -2.17. The molecule has 0 aromatic carbocycles. The first kappa shape index (κ1) is 30.3. The molecule has 238 valence electrons. The summed E-state index contributed by atoms with van der Waals surface area (Å²) in [6.45, 7) is -1.49. The molecule has 3 fully saturated rings. The lowest BCUT2D eigenvalue weighted by atomic mass is 10.1. The Labute approximate surface area is 251 Å². The maximum absolute atomic E-state index is 13.4. The summed E-state index contributed by atoms with van der Waals surface area (Å²) in [5.74, 6) is -0.209. The van der Waals surface area contributed by atoms with E-state index in [2.05, 4.69) is 29.9 Å². The first-order chi connectivity index (χ1) is 21.3. The van der Waals surface area contributed by atoms with Crippen molar-refractivity contribution >= 4 is 57.0 Å². The molecule has 0 aliphatic carbocycles. The molecule has 3 aliphatic heterocycles. The summed E-state index contributed by atoms with van der Waals surface area (Å²) in [4.78, 5) is 45.3. The van der Waals surface area contributed by atoms with Crippen LogP contribution in [0, 0.1) is 0 Å². The molecule has 4 aromatic heterocycles. The molecule has 22 nitrogen and oxygen atoms in total. The van der Waals surface area contributed by atoms with Crippen molar-refractivity contribution in [2.45, 2.75) is 49.1 Å². The first-order valence-corrected chi connectivity index (χ1v) is 16.1. The summed E-state index contributed by atoms with van der Waals surface area (Å²) in [7, 11) is -3.75. The van der Waals surface area contributed by atoms with Crippen molar-refractivity contribution in [3.63, 3.8) is 0 Å². The number of aromatic nitrogens is 8. The zero-order chi connectivity index (χ0) is 31.8. The van der Waals surface area contributed by atoms with Crippen LogP contribution in [0.3, 0.4) is 0 Å². The number of imidazole rings is 2. The van der Waals surface area contributed by atoms with Crippen molar-refractivity contribution in [2.75, 3.05) is 24.7 Å². The number of rotatable bonds is 2. The Balaban J connectivity index is 1.21. The van der Waals surface area contributed by atoms with E-state index in [-0.39, 0.29) is 34.1 Å². The molecule has 8 N–H and O–H groups in total. The highest BCUT2D eigenvalue weighted by atomic mass is 31.2. The predicted molar refractivity (Wildman–Crippen MR) is 147 cm³/mol. The largest absolute Gasteiger partial charge is 0.472 e. The lowest BCUT2D eigenvalue weighted by Crippen LogP contribution is -2.36. The van der Waals surface area contributed by atoms with E-state index in [1.165, 1.54) is 15.5 Å². The molecular weight excluding hydrogens is 645 g/mol. The third-order valence-corrected chi connectivity index (χ3v) is 9.38. The van der Waals surface area contributed by atoms with Crippen molar-refractivity contribution < 1.29 is 51.8 Å². The van der Waals surface area contributed by atoms with Gasteiger partial charge in [0.2, 0.25) is 13.5 Å². The van der Waals surface area contributed by atoms with Crippen molar-refractivity contribution in [3.05, 3.63) is 29.3 Å². The van der Waals surface area contributed by atoms with Gasteiger partial charge in [-0.2, -0.15) is 4.98 Å². The van der Waals surface area contributed by atoms with Crippen LogP contribution in [-0.4, -0.2) is 112 Å². The summed E-state index contributed by atoms with van der Waals surface area (Å²) >= 11 is 0. The molecule has 2 radical (unpaired) electrons. The van der Waals surface area contributed by atoms with Gasteiger partial charge in [-0.05, 0) is 0 Å². The zero-order valence-electron chi connectivity index (χ0n) is 22.5. The maximum atomic E-state index is 13.4. The highest BCUT2D eigenvalue weighted by molar-refractivity contribution is 7.79.